The monoisotopic (exact) mass is 385 g/mol. The highest BCUT2D eigenvalue weighted by Gasteiger charge is 2.17. The lowest BCUT2D eigenvalue weighted by atomic mass is 10.1. The van der Waals surface area contributed by atoms with E-state index in [0.717, 1.165) is 48.9 Å². The van der Waals surface area contributed by atoms with Gasteiger partial charge in [0.1, 0.15) is 11.5 Å². The minimum absolute atomic E-state index is 0.743. The molecule has 0 unspecified atom stereocenters. The summed E-state index contributed by atoms with van der Waals surface area (Å²) in [6, 6.07) is 16.9. The average molecular weight is 386 g/mol. The summed E-state index contributed by atoms with van der Waals surface area (Å²) >= 11 is 0. The fourth-order valence-electron chi connectivity index (χ4n) is 4.27. The number of piperidine rings is 1. The van der Waals surface area contributed by atoms with Gasteiger partial charge < -0.3 is 14.6 Å². The van der Waals surface area contributed by atoms with E-state index in [1.165, 1.54) is 35.9 Å². The van der Waals surface area contributed by atoms with Gasteiger partial charge in [0.2, 0.25) is 0 Å². The van der Waals surface area contributed by atoms with E-state index in [1.54, 1.807) is 0 Å². The molecule has 0 saturated carbocycles. The Morgan fingerprint density at radius 1 is 0.931 bits per heavy atom. The van der Waals surface area contributed by atoms with Gasteiger partial charge in [-0.25, -0.2) is 9.97 Å². The number of imidazole rings is 1. The number of anilines is 1. The summed E-state index contributed by atoms with van der Waals surface area (Å²) in [6.07, 6.45) is 5.96. The first-order valence-electron chi connectivity index (χ1n) is 10.6. The lowest BCUT2D eigenvalue weighted by Crippen LogP contribution is -2.31. The molecule has 3 aromatic heterocycles. The van der Waals surface area contributed by atoms with Crippen molar-refractivity contribution in [2.24, 2.45) is 0 Å². The second kappa shape index (κ2) is 7.84. The summed E-state index contributed by atoms with van der Waals surface area (Å²) in [5.74, 6) is 1.14. The summed E-state index contributed by atoms with van der Waals surface area (Å²) in [5.41, 5.74) is 5.61. The summed E-state index contributed by atoms with van der Waals surface area (Å²) < 4.78 is 2.15. The van der Waals surface area contributed by atoms with Crippen molar-refractivity contribution < 1.29 is 0 Å². The maximum absolute atomic E-state index is 5.04. The highest BCUT2D eigenvalue weighted by atomic mass is 15.2. The number of aryl methyl sites for hydroxylation is 1. The smallest absolute Gasteiger partial charge is 0.137 e. The number of aromatic nitrogens is 3. The molecule has 4 aromatic rings. The van der Waals surface area contributed by atoms with Crippen LogP contribution in [0, 0.1) is 6.92 Å². The minimum Gasteiger partial charge on any atom is -0.356 e. The van der Waals surface area contributed by atoms with Crippen LogP contribution in [0.5, 0.6) is 0 Å². The van der Waals surface area contributed by atoms with Gasteiger partial charge in [0.15, 0.2) is 0 Å². The molecule has 0 spiro atoms. The molecule has 5 rings (SSSR count). The fourth-order valence-corrected chi connectivity index (χ4v) is 4.27. The lowest BCUT2D eigenvalue weighted by molar-refractivity contribution is 0.570. The predicted octanol–water partition coefficient (Wildman–Crippen LogP) is 4.47. The van der Waals surface area contributed by atoms with E-state index >= 15 is 0 Å². The molecule has 1 aliphatic rings. The second-order valence-corrected chi connectivity index (χ2v) is 7.94. The van der Waals surface area contributed by atoms with E-state index in [9.17, 15) is 0 Å². The molecule has 1 N–H and O–H groups in total. The van der Waals surface area contributed by atoms with Gasteiger partial charge in [0.25, 0.3) is 0 Å². The number of hydrogen-bond acceptors (Lipinski definition) is 4. The van der Waals surface area contributed by atoms with E-state index < -0.39 is 0 Å². The van der Waals surface area contributed by atoms with Crippen molar-refractivity contribution in [2.45, 2.75) is 39.3 Å². The molecule has 1 fully saturated rings. The zero-order valence-electron chi connectivity index (χ0n) is 16.9. The molecule has 29 heavy (non-hydrogen) atoms. The van der Waals surface area contributed by atoms with Gasteiger partial charge in [-0.05, 0) is 50.5 Å². The standard InChI is InChI=1S/C24H27N5/c1-18-8-7-11-23-26-21(17-29(18)23)16-25-15-20-14-19-9-3-4-10-22(19)27-24(20)28-12-5-2-6-13-28/h3-4,7-11,14,17,25H,2,5-6,12-13,15-16H2,1H3. The molecule has 5 heteroatoms. The van der Waals surface area contributed by atoms with Crippen LogP contribution in [0.1, 0.15) is 36.2 Å². The van der Waals surface area contributed by atoms with E-state index in [-0.39, 0.29) is 0 Å². The van der Waals surface area contributed by atoms with E-state index in [4.69, 9.17) is 9.97 Å². The number of para-hydroxylation sites is 1. The average Bonchev–Trinajstić information content (AvgIpc) is 3.18. The molecule has 1 aromatic carbocycles. The first-order valence-corrected chi connectivity index (χ1v) is 10.6. The third kappa shape index (κ3) is 3.70. The number of rotatable bonds is 5. The Hall–Kier alpha value is -2.92. The van der Waals surface area contributed by atoms with Crippen molar-refractivity contribution in [3.63, 3.8) is 0 Å². The Kier molecular flexibility index (Phi) is 4.90. The number of hydrogen-bond donors (Lipinski definition) is 1. The first kappa shape index (κ1) is 18.1. The molecule has 4 heterocycles. The van der Waals surface area contributed by atoms with Crippen LogP contribution < -0.4 is 10.2 Å². The molecule has 0 atom stereocenters. The first-order chi connectivity index (χ1) is 14.3. The molecular weight excluding hydrogens is 358 g/mol. The van der Waals surface area contributed by atoms with Crippen molar-refractivity contribution in [3.8, 4) is 0 Å². The molecule has 0 amide bonds. The summed E-state index contributed by atoms with van der Waals surface area (Å²) in [6.45, 7) is 5.84. The number of pyridine rings is 2. The quantitative estimate of drug-likeness (QED) is 0.550. The van der Waals surface area contributed by atoms with Crippen LogP contribution in [0.2, 0.25) is 0 Å². The highest BCUT2D eigenvalue weighted by Crippen LogP contribution is 2.26. The van der Waals surface area contributed by atoms with Crippen LogP contribution in [0.15, 0.2) is 54.7 Å². The number of fused-ring (bicyclic) bond motifs is 2. The van der Waals surface area contributed by atoms with Crippen molar-refractivity contribution in [1.82, 2.24) is 19.7 Å². The molecule has 148 valence electrons. The number of nitrogens with zero attached hydrogens (tertiary/aromatic N) is 4. The molecule has 0 aliphatic carbocycles. The van der Waals surface area contributed by atoms with Gasteiger partial charge in [0, 0.05) is 49.0 Å². The van der Waals surface area contributed by atoms with Crippen LogP contribution in [0.25, 0.3) is 16.6 Å². The van der Waals surface area contributed by atoms with Crippen molar-refractivity contribution in [2.75, 3.05) is 18.0 Å². The lowest BCUT2D eigenvalue weighted by Gasteiger charge is -2.30. The van der Waals surface area contributed by atoms with Crippen molar-refractivity contribution in [3.05, 3.63) is 71.7 Å². The van der Waals surface area contributed by atoms with E-state index in [1.807, 2.05) is 0 Å². The van der Waals surface area contributed by atoms with Gasteiger partial charge in [0.05, 0.1) is 11.2 Å². The van der Waals surface area contributed by atoms with Gasteiger partial charge in [-0.15, -0.1) is 0 Å². The Balaban J connectivity index is 1.38. The normalized spacial score (nSPS) is 14.7. The van der Waals surface area contributed by atoms with Crippen molar-refractivity contribution >= 4 is 22.4 Å². The largest absolute Gasteiger partial charge is 0.356 e. The second-order valence-electron chi connectivity index (χ2n) is 7.94. The maximum atomic E-state index is 5.04. The Morgan fingerprint density at radius 2 is 1.79 bits per heavy atom. The van der Waals surface area contributed by atoms with Gasteiger partial charge >= 0.3 is 0 Å². The zero-order chi connectivity index (χ0) is 19.6. The van der Waals surface area contributed by atoms with Gasteiger partial charge in [-0.3, -0.25) is 0 Å². The minimum atomic E-state index is 0.743. The van der Waals surface area contributed by atoms with Gasteiger partial charge in [-0.2, -0.15) is 0 Å². The SMILES string of the molecule is Cc1cccc2nc(CNCc3cc4ccccc4nc3N3CCCCC3)cn12. The Bertz CT molecular complexity index is 1140. The van der Waals surface area contributed by atoms with Crippen LogP contribution in [-0.2, 0) is 13.1 Å². The Morgan fingerprint density at radius 3 is 2.66 bits per heavy atom. The molecular formula is C24H27N5. The Labute approximate surface area is 171 Å². The van der Waals surface area contributed by atoms with Crippen LogP contribution in [0.4, 0.5) is 5.82 Å². The van der Waals surface area contributed by atoms with Crippen LogP contribution in [0.3, 0.4) is 0 Å². The van der Waals surface area contributed by atoms with Crippen molar-refractivity contribution in [1.29, 1.82) is 0 Å². The highest BCUT2D eigenvalue weighted by molar-refractivity contribution is 5.81. The molecule has 5 nitrogen and oxygen atoms in total. The third-order valence-corrected chi connectivity index (χ3v) is 5.80. The summed E-state index contributed by atoms with van der Waals surface area (Å²) in [5, 5.41) is 4.80. The van der Waals surface area contributed by atoms with Gasteiger partial charge in [-0.1, -0.05) is 24.3 Å². The predicted molar refractivity (Wildman–Crippen MR) is 118 cm³/mol. The summed E-state index contributed by atoms with van der Waals surface area (Å²) in [4.78, 5) is 12.2. The summed E-state index contributed by atoms with van der Waals surface area (Å²) in [7, 11) is 0. The van der Waals surface area contributed by atoms with Crippen LogP contribution in [-0.4, -0.2) is 27.5 Å². The van der Waals surface area contributed by atoms with E-state index in [0.29, 0.717) is 0 Å². The molecule has 1 aliphatic heterocycles. The zero-order valence-corrected chi connectivity index (χ0v) is 16.9. The third-order valence-electron chi connectivity index (χ3n) is 5.80. The molecule has 1 saturated heterocycles. The molecule has 0 bridgehead atoms. The number of nitrogens with one attached hydrogen (secondary N) is 1. The fraction of sp³-hybridized carbons (Fsp3) is 0.333. The van der Waals surface area contributed by atoms with E-state index in [2.05, 4.69) is 76.3 Å². The topological polar surface area (TPSA) is 45.5 Å². The number of benzene rings is 1. The maximum Gasteiger partial charge on any atom is 0.137 e. The van der Waals surface area contributed by atoms with Crippen LogP contribution >= 0.6 is 0 Å². The molecule has 0 radical (unpaired) electrons.